The molecule has 3 fully saturated rings. The lowest BCUT2D eigenvalue weighted by Crippen LogP contribution is -2.52. The van der Waals surface area contributed by atoms with Crippen molar-refractivity contribution < 1.29 is 81.0 Å². The van der Waals surface area contributed by atoms with Gasteiger partial charge < -0.3 is 47.5 Å². The minimum Gasteiger partial charge on any atom is -0.467 e. The van der Waals surface area contributed by atoms with Crippen LogP contribution in [0.3, 0.4) is 0 Å². The predicted molar refractivity (Wildman–Crippen MR) is 450 cm³/mol. The maximum absolute atomic E-state index is 12.5. The van der Waals surface area contributed by atoms with Crippen LogP contribution < -0.4 is 0 Å². The fourth-order valence-electron chi connectivity index (χ4n) is 11.7. The zero-order chi connectivity index (χ0) is 85.2. The lowest BCUT2D eigenvalue weighted by Gasteiger charge is -2.39. The number of nitrogens with zero attached hydrogens (tertiary/aromatic N) is 5. The van der Waals surface area contributed by atoms with Gasteiger partial charge in [0.05, 0.1) is 28.4 Å². The molecule has 4 heterocycles. The van der Waals surface area contributed by atoms with Gasteiger partial charge >= 0.3 is 48.4 Å². The number of pyridine rings is 2. The molecule has 23 heteroatoms. The SMILES string of the molecule is C#Cc1ccc(C)cc1.CC(C)(C)OC(=O)OC(=O)OC(C)(C)C.CCN(CC)CC.COC(=O)C1CC(CCC2CCC(C)CC2)CCN1C(=O)OC(C)(C)C.COC(=O)C1CC(CCc2ccc(C)cc2)CCN1C(=O)OC(C)(C)C.COC(=O)c1cc(C#Cc2ccc(C)cc2)ccn1.COC(=O)c1cc(I)ccn1. The number of esters is 4. The van der Waals surface area contributed by atoms with Gasteiger partial charge in [-0.2, -0.15) is 0 Å². The van der Waals surface area contributed by atoms with Gasteiger partial charge in [0.25, 0.3) is 0 Å². The van der Waals surface area contributed by atoms with E-state index in [1.165, 1.54) is 107 Å². The van der Waals surface area contributed by atoms with Crippen LogP contribution >= 0.6 is 22.6 Å². The van der Waals surface area contributed by atoms with E-state index in [1.807, 2.05) is 110 Å². The summed E-state index contributed by atoms with van der Waals surface area (Å²) in [5.74, 6) is 9.64. The standard InChI is InChI=1S/C21H37NO4.C21H31NO4.C16H13NO2.C10H18O5.C9H8.C7H6INO2.C6H15N/c2*1-15-6-8-16(9-7-15)10-11-17-12-13-22(18(14-17)19(23)25-5)20(24)26-21(2,3)4;1-12-3-5-13(6-4-12)7-8-14-9-10-17-15(11-14)16(18)19-2;1-9(2,3)14-7(11)13-8(12)15-10(4,5)6;1-3-9-6-4-8(2)5-7-9;1-11-7(10)6-4-5(8)2-3-9-6;1-4-7(5-2)6-3/h15-18H,6-14H2,1-5H3;6-9,17-18H,10-14H2,1-5H3;3-6,9-11H,1-2H3;1-6H3;1,4-7H,2H3;2-4H,1H3;4-6H2,1-3H3. The van der Waals surface area contributed by atoms with E-state index in [1.54, 1.807) is 77.0 Å². The first-order chi connectivity index (χ1) is 53.0. The van der Waals surface area contributed by atoms with Crippen molar-refractivity contribution in [1.29, 1.82) is 0 Å². The molecule has 0 bridgehead atoms. The third kappa shape index (κ3) is 43.1. The molecule has 2 aromatic heterocycles. The monoisotopic (exact) mass is 1680 g/mol. The molecule has 3 aliphatic rings. The third-order valence-corrected chi connectivity index (χ3v) is 18.6. The second-order valence-electron chi connectivity index (χ2n) is 32.0. The van der Waals surface area contributed by atoms with Gasteiger partial charge in [-0.3, -0.25) is 9.80 Å². The van der Waals surface area contributed by atoms with E-state index in [9.17, 15) is 38.4 Å². The summed E-state index contributed by atoms with van der Waals surface area (Å²) in [7, 11) is 5.42. The Morgan fingerprint density at radius 2 is 0.858 bits per heavy atom. The number of methoxy groups -OCH3 is 4. The zero-order valence-corrected chi connectivity index (χ0v) is 73.7. The Balaban J connectivity index is 0.000000466. The molecule has 622 valence electrons. The van der Waals surface area contributed by atoms with Gasteiger partial charge in [-0.05, 0) is 262 Å². The first-order valence-electron chi connectivity index (χ1n) is 38.9. The van der Waals surface area contributed by atoms with Crippen molar-refractivity contribution in [3.63, 3.8) is 0 Å². The summed E-state index contributed by atoms with van der Waals surface area (Å²) in [4.78, 5) is 107. The Kier molecular flexibility index (Phi) is 45.1. The van der Waals surface area contributed by atoms with Crippen molar-refractivity contribution >= 4 is 71.0 Å². The van der Waals surface area contributed by atoms with E-state index >= 15 is 0 Å². The molecule has 0 N–H and O–H groups in total. The predicted octanol–water partition coefficient (Wildman–Crippen LogP) is 19.1. The molecule has 1 saturated carbocycles. The molecule has 2 saturated heterocycles. The highest BCUT2D eigenvalue weighted by Gasteiger charge is 2.41. The van der Waals surface area contributed by atoms with Crippen molar-refractivity contribution in [1.82, 2.24) is 24.7 Å². The van der Waals surface area contributed by atoms with Gasteiger partial charge in [0.2, 0.25) is 0 Å². The molecule has 0 spiro atoms. The number of benzene rings is 3. The summed E-state index contributed by atoms with van der Waals surface area (Å²) in [5, 5.41) is 0. The Bertz CT molecular complexity index is 3800. The van der Waals surface area contributed by atoms with Crippen LogP contribution in [0.5, 0.6) is 0 Å². The van der Waals surface area contributed by atoms with Crippen molar-refractivity contribution in [2.45, 2.75) is 243 Å². The summed E-state index contributed by atoms with van der Waals surface area (Å²) < 4.78 is 44.7. The smallest absolute Gasteiger partial charge is 0.467 e. The highest BCUT2D eigenvalue weighted by Crippen LogP contribution is 2.36. The number of piperidine rings is 2. The lowest BCUT2D eigenvalue weighted by atomic mass is 9.78. The minimum absolute atomic E-state index is 0.262. The molecule has 113 heavy (non-hydrogen) atoms. The average Bonchev–Trinajstić information content (AvgIpc) is 0.825. The largest absolute Gasteiger partial charge is 0.519 e. The van der Waals surface area contributed by atoms with Crippen LogP contribution in [0.2, 0.25) is 0 Å². The van der Waals surface area contributed by atoms with Gasteiger partial charge in [0, 0.05) is 45.7 Å². The zero-order valence-electron chi connectivity index (χ0n) is 71.5. The van der Waals surface area contributed by atoms with Gasteiger partial charge in [0.1, 0.15) is 45.9 Å². The second-order valence-corrected chi connectivity index (χ2v) is 33.2. The quantitative estimate of drug-likeness (QED) is 0.0349. The van der Waals surface area contributed by atoms with Crippen LogP contribution in [0.4, 0.5) is 19.2 Å². The summed E-state index contributed by atoms with van der Waals surface area (Å²) in [6, 6.07) is 30.2. The summed E-state index contributed by atoms with van der Waals surface area (Å²) in [6.45, 7) is 40.7. The van der Waals surface area contributed by atoms with E-state index in [2.05, 4.69) is 128 Å². The fraction of sp³-hybridized carbons (Fsp3) is 0.556. The van der Waals surface area contributed by atoms with Gasteiger partial charge in [-0.1, -0.05) is 149 Å². The van der Waals surface area contributed by atoms with Crippen LogP contribution in [0.1, 0.15) is 241 Å². The Morgan fingerprint density at radius 1 is 0.478 bits per heavy atom. The summed E-state index contributed by atoms with van der Waals surface area (Å²) in [6.07, 6.45) is 18.2. The van der Waals surface area contributed by atoms with E-state index in [0.29, 0.717) is 43.5 Å². The highest BCUT2D eigenvalue weighted by atomic mass is 127. The number of carbonyl (C=O) groups is 8. The molecule has 3 aromatic carbocycles. The third-order valence-electron chi connectivity index (χ3n) is 17.9. The van der Waals surface area contributed by atoms with E-state index in [4.69, 9.17) is 34.8 Å². The number of carbonyl (C=O) groups excluding carboxylic acids is 8. The number of rotatable bonds is 13. The van der Waals surface area contributed by atoms with Crippen molar-refractivity contribution in [3.05, 3.63) is 163 Å². The molecule has 22 nitrogen and oxygen atoms in total. The fourth-order valence-corrected chi connectivity index (χ4v) is 12.1. The van der Waals surface area contributed by atoms with Crippen LogP contribution in [0.25, 0.3) is 0 Å². The number of halogens is 1. The molecule has 2 amide bonds. The molecule has 2 aliphatic heterocycles. The number of aryl methyl sites for hydroxylation is 4. The Morgan fingerprint density at radius 3 is 1.24 bits per heavy atom. The molecule has 4 atom stereocenters. The van der Waals surface area contributed by atoms with Gasteiger partial charge in [-0.25, -0.2) is 48.3 Å². The maximum Gasteiger partial charge on any atom is 0.519 e. The molecule has 1 aliphatic carbocycles. The molecule has 0 radical (unpaired) electrons. The summed E-state index contributed by atoms with van der Waals surface area (Å²) >= 11 is 2.11. The molecule has 5 aromatic rings. The van der Waals surface area contributed by atoms with E-state index in [-0.39, 0.29) is 17.6 Å². The second kappa shape index (κ2) is 50.9. The van der Waals surface area contributed by atoms with Crippen LogP contribution in [0.15, 0.2) is 109 Å². The number of hydrogen-bond acceptors (Lipinski definition) is 20. The number of ether oxygens (including phenoxy) is 9. The maximum atomic E-state index is 12.5. The number of terminal acetylenes is 1. The van der Waals surface area contributed by atoms with Crippen LogP contribution in [0, 0.1) is 72.2 Å². The van der Waals surface area contributed by atoms with Gasteiger partial charge in [0.15, 0.2) is 0 Å². The molecule has 8 rings (SSSR count). The van der Waals surface area contributed by atoms with Crippen LogP contribution in [-0.2, 0) is 58.6 Å². The Labute approximate surface area is 688 Å². The molecular formula is C90H128IN5O17. The number of amides is 2. The van der Waals surface area contributed by atoms with E-state index < -0.39 is 70.9 Å². The van der Waals surface area contributed by atoms with Crippen molar-refractivity contribution in [2.75, 3.05) is 61.2 Å². The Hall–Kier alpha value is -9.07. The lowest BCUT2D eigenvalue weighted by molar-refractivity contribution is -0.149. The van der Waals surface area contributed by atoms with Crippen LogP contribution in [-0.4, -0.2) is 169 Å². The van der Waals surface area contributed by atoms with E-state index in [0.717, 1.165) is 64.2 Å². The number of likely N-dealkylation sites (tertiary alicyclic amines) is 2. The van der Waals surface area contributed by atoms with Crippen molar-refractivity contribution in [3.8, 4) is 24.2 Å². The first-order valence-corrected chi connectivity index (χ1v) is 40.0. The van der Waals surface area contributed by atoms with Gasteiger partial charge in [-0.15, -0.1) is 6.42 Å². The first kappa shape index (κ1) is 100. The molecular weight excluding hydrogens is 1550 g/mol. The average molecular weight is 1680 g/mol. The molecule has 4 unspecified atom stereocenters. The summed E-state index contributed by atoms with van der Waals surface area (Å²) in [5.41, 5.74) is 5.68. The minimum atomic E-state index is -1.06. The van der Waals surface area contributed by atoms with Crippen molar-refractivity contribution in [2.24, 2.45) is 23.7 Å². The highest BCUT2D eigenvalue weighted by molar-refractivity contribution is 14.1. The number of aromatic nitrogens is 2. The topological polar surface area (TPSA) is 255 Å². The number of hydrogen-bond donors (Lipinski definition) is 0. The normalized spacial score (nSPS) is 17.0.